The quantitative estimate of drug-likeness (QED) is 0.850. The second kappa shape index (κ2) is 4.59. The van der Waals surface area contributed by atoms with E-state index in [1.165, 1.54) is 0 Å². The molecule has 2 N–H and O–H groups in total. The van der Waals surface area contributed by atoms with Crippen LogP contribution < -0.4 is 5.32 Å². The van der Waals surface area contributed by atoms with Crippen LogP contribution in [0.2, 0.25) is 0 Å². The fourth-order valence-corrected chi connectivity index (χ4v) is 1.62. The molecule has 0 saturated heterocycles. The number of hydrogen-bond donors (Lipinski definition) is 2. The summed E-state index contributed by atoms with van der Waals surface area (Å²) in [7, 11) is 0. The van der Waals surface area contributed by atoms with Crippen molar-refractivity contribution < 1.29 is 14.3 Å². The molecule has 0 aliphatic rings. The zero-order valence-corrected chi connectivity index (χ0v) is 9.86. The summed E-state index contributed by atoms with van der Waals surface area (Å²) >= 11 is 0. The van der Waals surface area contributed by atoms with Crippen molar-refractivity contribution in [3.8, 4) is 0 Å². The molecule has 2 aromatic rings. The lowest BCUT2D eigenvalue weighted by Gasteiger charge is -2.08. The molecule has 17 heavy (non-hydrogen) atoms. The second-order valence-corrected chi connectivity index (χ2v) is 4.21. The molecule has 4 heteroatoms. The van der Waals surface area contributed by atoms with E-state index in [0.717, 1.165) is 10.9 Å². The summed E-state index contributed by atoms with van der Waals surface area (Å²) in [5.41, 5.74) is 1.81. The number of furan rings is 1. The highest BCUT2D eigenvalue weighted by molar-refractivity contribution is 5.96. The Bertz CT molecular complexity index is 545. The molecule has 0 fully saturated rings. The van der Waals surface area contributed by atoms with Gasteiger partial charge in [-0.15, -0.1) is 0 Å². The number of benzene rings is 1. The van der Waals surface area contributed by atoms with E-state index in [0.29, 0.717) is 5.58 Å². The zero-order chi connectivity index (χ0) is 12.4. The van der Waals surface area contributed by atoms with Crippen molar-refractivity contribution in [1.29, 1.82) is 0 Å². The van der Waals surface area contributed by atoms with Gasteiger partial charge in [-0.05, 0) is 32.0 Å². The van der Waals surface area contributed by atoms with Crippen LogP contribution in [0.3, 0.4) is 0 Å². The maximum absolute atomic E-state index is 11.8. The Labute approximate surface area is 99.2 Å². The number of carbonyl (C=O) groups is 1. The van der Waals surface area contributed by atoms with E-state index in [-0.39, 0.29) is 24.3 Å². The molecule has 0 aliphatic carbocycles. The molecule has 0 saturated carbocycles. The van der Waals surface area contributed by atoms with Crippen molar-refractivity contribution >= 4 is 16.9 Å². The van der Waals surface area contributed by atoms with Crippen molar-refractivity contribution in [1.82, 2.24) is 5.32 Å². The van der Waals surface area contributed by atoms with Gasteiger partial charge < -0.3 is 14.8 Å². The molecule has 90 valence electrons. The predicted octanol–water partition coefficient (Wildman–Crippen LogP) is 1.85. The summed E-state index contributed by atoms with van der Waals surface area (Å²) in [6, 6.07) is 7.17. The Morgan fingerprint density at radius 3 is 2.94 bits per heavy atom. The fourth-order valence-electron chi connectivity index (χ4n) is 1.62. The Balaban J connectivity index is 2.27. The predicted molar refractivity (Wildman–Crippen MR) is 65.0 cm³/mol. The van der Waals surface area contributed by atoms with Gasteiger partial charge in [-0.2, -0.15) is 0 Å². The zero-order valence-electron chi connectivity index (χ0n) is 9.86. The first kappa shape index (κ1) is 11.7. The highest BCUT2D eigenvalue weighted by Gasteiger charge is 2.14. The third kappa shape index (κ3) is 2.47. The van der Waals surface area contributed by atoms with Crippen LogP contribution in [0, 0.1) is 6.92 Å². The van der Waals surface area contributed by atoms with E-state index < -0.39 is 0 Å². The van der Waals surface area contributed by atoms with Gasteiger partial charge in [0, 0.05) is 11.4 Å². The summed E-state index contributed by atoms with van der Waals surface area (Å²) in [4.78, 5) is 11.8. The van der Waals surface area contributed by atoms with Gasteiger partial charge in [0.2, 0.25) is 0 Å². The van der Waals surface area contributed by atoms with Crippen molar-refractivity contribution in [3.63, 3.8) is 0 Å². The minimum absolute atomic E-state index is 0.0922. The van der Waals surface area contributed by atoms with E-state index in [9.17, 15) is 4.79 Å². The van der Waals surface area contributed by atoms with Gasteiger partial charge in [0.25, 0.3) is 5.91 Å². The third-order valence-corrected chi connectivity index (χ3v) is 2.55. The number of aryl methyl sites for hydroxylation is 1. The van der Waals surface area contributed by atoms with Crippen molar-refractivity contribution in [2.45, 2.75) is 19.9 Å². The van der Waals surface area contributed by atoms with Crippen LogP contribution in [0.4, 0.5) is 0 Å². The number of hydrogen-bond acceptors (Lipinski definition) is 3. The van der Waals surface area contributed by atoms with Gasteiger partial charge in [-0.25, -0.2) is 0 Å². The molecule has 0 radical (unpaired) electrons. The van der Waals surface area contributed by atoms with Gasteiger partial charge in [-0.3, -0.25) is 4.79 Å². The van der Waals surface area contributed by atoms with Crippen LogP contribution in [0.5, 0.6) is 0 Å². The first-order valence-electron chi connectivity index (χ1n) is 5.52. The third-order valence-electron chi connectivity index (χ3n) is 2.55. The van der Waals surface area contributed by atoms with Crippen molar-refractivity contribution in [2.24, 2.45) is 0 Å². The number of aliphatic hydroxyl groups is 1. The number of aliphatic hydroxyl groups excluding tert-OH is 1. The van der Waals surface area contributed by atoms with E-state index in [1.54, 1.807) is 13.0 Å². The molecule has 1 heterocycles. The number of amides is 1. The number of nitrogens with one attached hydrogen (secondary N) is 1. The molecule has 0 aliphatic heterocycles. The molecule has 1 aromatic heterocycles. The molecule has 1 amide bonds. The molecule has 4 nitrogen and oxygen atoms in total. The van der Waals surface area contributed by atoms with E-state index >= 15 is 0 Å². The van der Waals surface area contributed by atoms with Crippen LogP contribution in [0.1, 0.15) is 23.0 Å². The van der Waals surface area contributed by atoms with Gasteiger partial charge in [-0.1, -0.05) is 11.6 Å². The summed E-state index contributed by atoms with van der Waals surface area (Å²) in [6.45, 7) is 3.62. The molecule has 0 bridgehead atoms. The largest absolute Gasteiger partial charge is 0.451 e. The molecule has 1 atom stereocenters. The first-order chi connectivity index (χ1) is 8.10. The summed E-state index contributed by atoms with van der Waals surface area (Å²) in [5.74, 6) is -0.0358. The smallest absolute Gasteiger partial charge is 0.287 e. The van der Waals surface area contributed by atoms with Gasteiger partial charge in [0.05, 0.1) is 6.61 Å². The van der Waals surface area contributed by atoms with Crippen LogP contribution in [-0.2, 0) is 0 Å². The highest BCUT2D eigenvalue weighted by Crippen LogP contribution is 2.20. The maximum atomic E-state index is 11.8. The van der Waals surface area contributed by atoms with Crippen LogP contribution in [-0.4, -0.2) is 23.7 Å². The maximum Gasteiger partial charge on any atom is 0.287 e. The van der Waals surface area contributed by atoms with Crippen molar-refractivity contribution in [3.05, 3.63) is 35.6 Å². The van der Waals surface area contributed by atoms with E-state index in [4.69, 9.17) is 9.52 Å². The summed E-state index contributed by atoms with van der Waals surface area (Å²) in [6.07, 6.45) is 0. The monoisotopic (exact) mass is 233 g/mol. The Hall–Kier alpha value is -1.81. The Kier molecular flexibility index (Phi) is 3.15. The standard InChI is InChI=1S/C13H15NO3/c1-8-3-4-11-10(5-8)6-12(17-11)13(16)14-9(2)7-15/h3-6,9,15H,7H2,1-2H3,(H,14,16). The number of fused-ring (bicyclic) bond motifs is 1. The van der Waals surface area contributed by atoms with Crippen LogP contribution in [0.25, 0.3) is 11.0 Å². The summed E-state index contributed by atoms with van der Waals surface area (Å²) in [5, 5.41) is 12.4. The van der Waals surface area contributed by atoms with Crippen LogP contribution in [0.15, 0.2) is 28.7 Å². The lowest BCUT2D eigenvalue weighted by molar-refractivity contribution is 0.0896. The SMILES string of the molecule is Cc1ccc2oc(C(=O)NC(C)CO)cc2c1. The average molecular weight is 233 g/mol. The van der Waals surface area contributed by atoms with Crippen LogP contribution >= 0.6 is 0 Å². The normalized spacial score (nSPS) is 12.6. The number of rotatable bonds is 3. The lowest BCUT2D eigenvalue weighted by Crippen LogP contribution is -2.34. The Morgan fingerprint density at radius 1 is 1.47 bits per heavy atom. The molecule has 1 aromatic carbocycles. The molecular weight excluding hydrogens is 218 g/mol. The van der Waals surface area contributed by atoms with E-state index in [1.807, 2.05) is 25.1 Å². The first-order valence-corrected chi connectivity index (χ1v) is 5.52. The lowest BCUT2D eigenvalue weighted by atomic mass is 10.2. The molecule has 2 rings (SSSR count). The summed E-state index contributed by atoms with van der Waals surface area (Å²) < 4.78 is 5.44. The van der Waals surface area contributed by atoms with Gasteiger partial charge in [0.15, 0.2) is 5.76 Å². The number of carbonyl (C=O) groups excluding carboxylic acids is 1. The highest BCUT2D eigenvalue weighted by atomic mass is 16.3. The van der Waals surface area contributed by atoms with Gasteiger partial charge in [0.1, 0.15) is 5.58 Å². The molecule has 1 unspecified atom stereocenters. The van der Waals surface area contributed by atoms with E-state index in [2.05, 4.69) is 5.32 Å². The second-order valence-electron chi connectivity index (χ2n) is 4.21. The minimum atomic E-state index is -0.305. The molecular formula is C13H15NO3. The molecule has 0 spiro atoms. The Morgan fingerprint density at radius 2 is 2.24 bits per heavy atom. The van der Waals surface area contributed by atoms with Gasteiger partial charge >= 0.3 is 0 Å². The minimum Gasteiger partial charge on any atom is -0.451 e. The topological polar surface area (TPSA) is 62.5 Å². The average Bonchev–Trinajstić information content (AvgIpc) is 2.71. The fraction of sp³-hybridized carbons (Fsp3) is 0.308. The van der Waals surface area contributed by atoms with Crippen molar-refractivity contribution in [2.75, 3.05) is 6.61 Å².